The standard InChI is InChI=1S/C14H10N2O4/c15-9-1-5-7(3-11(9)17)14(20)6-2-10(16)12(18)4-8(6)13(5)19/h1-4,17-18H,15-16H2. The van der Waals surface area contributed by atoms with Gasteiger partial charge >= 0.3 is 0 Å². The van der Waals surface area contributed by atoms with Crippen molar-refractivity contribution in [1.29, 1.82) is 0 Å². The van der Waals surface area contributed by atoms with E-state index in [9.17, 15) is 19.8 Å². The maximum absolute atomic E-state index is 12.3. The van der Waals surface area contributed by atoms with Crippen LogP contribution in [0.2, 0.25) is 0 Å². The molecule has 20 heavy (non-hydrogen) atoms. The molecule has 100 valence electrons. The lowest BCUT2D eigenvalue weighted by Crippen LogP contribution is -2.21. The fraction of sp³-hybridized carbons (Fsp3) is 0. The van der Waals surface area contributed by atoms with Crippen LogP contribution >= 0.6 is 0 Å². The molecule has 0 saturated heterocycles. The second-order valence-corrected chi connectivity index (χ2v) is 4.57. The molecule has 0 saturated carbocycles. The fourth-order valence-corrected chi connectivity index (χ4v) is 2.25. The summed E-state index contributed by atoms with van der Waals surface area (Å²) in [6.07, 6.45) is 0. The van der Waals surface area contributed by atoms with Crippen LogP contribution in [0.15, 0.2) is 24.3 Å². The van der Waals surface area contributed by atoms with Crippen LogP contribution in [0.5, 0.6) is 11.5 Å². The number of hydrogen-bond acceptors (Lipinski definition) is 6. The highest BCUT2D eigenvalue weighted by atomic mass is 16.3. The Kier molecular flexibility index (Phi) is 2.25. The number of phenols is 2. The molecule has 0 bridgehead atoms. The monoisotopic (exact) mass is 270 g/mol. The first-order chi connectivity index (χ1) is 9.40. The van der Waals surface area contributed by atoms with Crippen LogP contribution in [0, 0.1) is 0 Å². The molecule has 0 heterocycles. The molecule has 0 amide bonds. The third-order valence-corrected chi connectivity index (χ3v) is 3.31. The number of hydrogen-bond donors (Lipinski definition) is 4. The number of rotatable bonds is 0. The largest absolute Gasteiger partial charge is 0.506 e. The lowest BCUT2D eigenvalue weighted by atomic mass is 9.83. The van der Waals surface area contributed by atoms with Crippen LogP contribution in [0.3, 0.4) is 0 Å². The van der Waals surface area contributed by atoms with Gasteiger partial charge in [0.25, 0.3) is 0 Å². The molecule has 2 aromatic rings. The Bertz CT molecular complexity index is 667. The highest BCUT2D eigenvalue weighted by Gasteiger charge is 2.31. The Labute approximate surface area is 113 Å². The zero-order valence-corrected chi connectivity index (χ0v) is 10.2. The molecule has 0 unspecified atom stereocenters. The highest BCUT2D eigenvalue weighted by Crippen LogP contribution is 2.36. The second kappa shape index (κ2) is 3.74. The van der Waals surface area contributed by atoms with Crippen LogP contribution in [0.25, 0.3) is 0 Å². The number of aromatic hydroxyl groups is 2. The summed E-state index contributed by atoms with van der Waals surface area (Å²) in [4.78, 5) is 24.7. The zero-order valence-electron chi connectivity index (χ0n) is 10.2. The lowest BCUT2D eigenvalue weighted by Gasteiger charge is -2.19. The molecule has 1 aliphatic carbocycles. The van der Waals surface area contributed by atoms with Gasteiger partial charge < -0.3 is 21.7 Å². The molecular weight excluding hydrogens is 260 g/mol. The summed E-state index contributed by atoms with van der Waals surface area (Å²) in [5.74, 6) is -1.42. The predicted octanol–water partition coefficient (Wildman–Crippen LogP) is 1.04. The normalized spacial score (nSPS) is 13.0. The minimum absolute atomic E-state index is 0.00742. The van der Waals surface area contributed by atoms with E-state index in [2.05, 4.69) is 0 Å². The molecule has 0 aromatic heterocycles. The summed E-state index contributed by atoms with van der Waals surface area (Å²) in [5, 5.41) is 19.1. The Morgan fingerprint density at radius 2 is 0.950 bits per heavy atom. The summed E-state index contributed by atoms with van der Waals surface area (Å²) in [6, 6.07) is 4.83. The van der Waals surface area contributed by atoms with E-state index in [4.69, 9.17) is 11.5 Å². The van der Waals surface area contributed by atoms with Gasteiger partial charge in [0.2, 0.25) is 0 Å². The van der Waals surface area contributed by atoms with Crippen molar-refractivity contribution in [3.05, 3.63) is 46.5 Å². The van der Waals surface area contributed by atoms with E-state index in [1.165, 1.54) is 12.1 Å². The first kappa shape index (κ1) is 12.0. The van der Waals surface area contributed by atoms with Crippen molar-refractivity contribution in [2.45, 2.75) is 0 Å². The molecule has 6 N–H and O–H groups in total. The smallest absolute Gasteiger partial charge is 0.194 e. The summed E-state index contributed by atoms with van der Waals surface area (Å²) >= 11 is 0. The SMILES string of the molecule is Nc1cc2c(cc1O)C(=O)c1cc(N)c(O)cc1C2=O. The molecule has 0 atom stereocenters. The number of ketones is 2. The van der Waals surface area contributed by atoms with Gasteiger partial charge in [0.1, 0.15) is 11.5 Å². The number of anilines is 2. The van der Waals surface area contributed by atoms with E-state index >= 15 is 0 Å². The van der Waals surface area contributed by atoms with Crippen molar-refractivity contribution in [2.75, 3.05) is 11.5 Å². The zero-order chi connectivity index (χ0) is 14.6. The molecule has 1 aliphatic rings. The summed E-state index contributed by atoms with van der Waals surface area (Å²) < 4.78 is 0. The number of phenolic OH excluding ortho intramolecular Hbond substituents is 2. The van der Waals surface area contributed by atoms with Gasteiger partial charge in [-0.05, 0) is 24.3 Å². The first-order valence-electron chi connectivity index (χ1n) is 5.74. The van der Waals surface area contributed by atoms with Crippen molar-refractivity contribution >= 4 is 22.9 Å². The van der Waals surface area contributed by atoms with Crippen molar-refractivity contribution in [3.8, 4) is 11.5 Å². The minimum atomic E-state index is -0.448. The number of carbonyl (C=O) groups excluding carboxylic acids is 2. The van der Waals surface area contributed by atoms with Crippen LogP contribution in [0.4, 0.5) is 11.4 Å². The Hall–Kier alpha value is -3.02. The molecule has 2 aromatic carbocycles. The van der Waals surface area contributed by atoms with Gasteiger partial charge in [-0.3, -0.25) is 9.59 Å². The number of carbonyl (C=O) groups is 2. The molecule has 0 aliphatic heterocycles. The fourth-order valence-electron chi connectivity index (χ4n) is 2.25. The van der Waals surface area contributed by atoms with E-state index in [0.717, 1.165) is 12.1 Å². The first-order valence-corrected chi connectivity index (χ1v) is 5.74. The number of nitrogens with two attached hydrogens (primary N) is 2. The Morgan fingerprint density at radius 3 is 1.30 bits per heavy atom. The molecule has 0 spiro atoms. The number of benzene rings is 2. The predicted molar refractivity (Wildman–Crippen MR) is 71.9 cm³/mol. The molecule has 0 radical (unpaired) electrons. The van der Waals surface area contributed by atoms with Gasteiger partial charge in [0, 0.05) is 22.3 Å². The highest BCUT2D eigenvalue weighted by molar-refractivity contribution is 6.29. The lowest BCUT2D eigenvalue weighted by molar-refractivity contribution is 0.0979. The maximum atomic E-state index is 12.3. The van der Waals surface area contributed by atoms with Crippen molar-refractivity contribution in [2.24, 2.45) is 0 Å². The third kappa shape index (κ3) is 1.45. The van der Waals surface area contributed by atoms with Crippen LogP contribution in [-0.4, -0.2) is 21.8 Å². The van der Waals surface area contributed by atoms with Gasteiger partial charge in [0.05, 0.1) is 11.4 Å². The molecule has 6 nitrogen and oxygen atoms in total. The molecule has 0 fully saturated rings. The van der Waals surface area contributed by atoms with E-state index in [1.54, 1.807) is 0 Å². The molecule has 6 heteroatoms. The van der Waals surface area contributed by atoms with E-state index in [0.29, 0.717) is 0 Å². The van der Waals surface area contributed by atoms with E-state index in [1.807, 2.05) is 0 Å². The average molecular weight is 270 g/mol. The Morgan fingerprint density at radius 1 is 0.650 bits per heavy atom. The average Bonchev–Trinajstić information content (AvgIpc) is 2.41. The van der Waals surface area contributed by atoms with Crippen molar-refractivity contribution in [3.63, 3.8) is 0 Å². The van der Waals surface area contributed by atoms with Crippen LogP contribution in [0.1, 0.15) is 31.8 Å². The van der Waals surface area contributed by atoms with Gasteiger partial charge in [-0.2, -0.15) is 0 Å². The van der Waals surface area contributed by atoms with Crippen molar-refractivity contribution < 1.29 is 19.8 Å². The maximum Gasteiger partial charge on any atom is 0.194 e. The molecule has 3 rings (SSSR count). The third-order valence-electron chi connectivity index (χ3n) is 3.31. The summed E-state index contributed by atoms with van der Waals surface area (Å²) in [6.45, 7) is 0. The Balaban J connectivity index is 2.33. The number of nitrogen functional groups attached to an aromatic ring is 2. The molecular formula is C14H10N2O4. The second-order valence-electron chi connectivity index (χ2n) is 4.57. The van der Waals surface area contributed by atoms with E-state index < -0.39 is 11.6 Å². The van der Waals surface area contributed by atoms with Gasteiger partial charge in [-0.25, -0.2) is 0 Å². The topological polar surface area (TPSA) is 127 Å². The summed E-state index contributed by atoms with van der Waals surface area (Å²) in [7, 11) is 0. The van der Waals surface area contributed by atoms with Crippen LogP contribution in [-0.2, 0) is 0 Å². The minimum Gasteiger partial charge on any atom is -0.506 e. The van der Waals surface area contributed by atoms with E-state index in [-0.39, 0.29) is 45.1 Å². The van der Waals surface area contributed by atoms with Crippen molar-refractivity contribution in [1.82, 2.24) is 0 Å². The van der Waals surface area contributed by atoms with Gasteiger partial charge in [-0.15, -0.1) is 0 Å². The quantitative estimate of drug-likeness (QED) is 0.357. The van der Waals surface area contributed by atoms with Gasteiger partial charge in [0.15, 0.2) is 11.6 Å². The number of fused-ring (bicyclic) bond motifs is 2. The van der Waals surface area contributed by atoms with Crippen LogP contribution < -0.4 is 11.5 Å². The van der Waals surface area contributed by atoms with Gasteiger partial charge in [-0.1, -0.05) is 0 Å². The summed E-state index contributed by atoms with van der Waals surface area (Å²) in [5.41, 5.74) is 11.4.